The van der Waals surface area contributed by atoms with Crippen LogP contribution in [0.1, 0.15) is 25.7 Å². The van der Waals surface area contributed by atoms with Gasteiger partial charge >= 0.3 is 0 Å². The maximum Gasteiger partial charge on any atom is 0.238 e. The fourth-order valence-electron chi connectivity index (χ4n) is 2.25. The smallest absolute Gasteiger partial charge is 0.238 e. The fraction of sp³-hybridized carbons (Fsp3) is 0.538. The third-order valence-electron chi connectivity index (χ3n) is 3.31. The standard InChI is InChI=1S/C13H19N3O3S/c1-20(18,19)13-7-6-11(8-15-13)16-12(17)9-14-10-4-2-3-5-10/h6-8,10,14H,2-5,9H2,1H3,(H,16,17). The lowest BCUT2D eigenvalue weighted by Gasteiger charge is -2.11. The molecule has 1 aromatic rings. The van der Waals surface area contributed by atoms with Crippen molar-refractivity contribution in [2.45, 2.75) is 36.8 Å². The van der Waals surface area contributed by atoms with Gasteiger partial charge in [-0.1, -0.05) is 12.8 Å². The number of rotatable bonds is 5. The number of amides is 1. The third kappa shape index (κ3) is 4.28. The first-order valence-corrected chi connectivity index (χ1v) is 8.53. The van der Waals surface area contributed by atoms with Gasteiger partial charge in [0.25, 0.3) is 0 Å². The van der Waals surface area contributed by atoms with Crippen molar-refractivity contribution < 1.29 is 13.2 Å². The predicted molar refractivity (Wildman–Crippen MR) is 76.2 cm³/mol. The number of nitrogens with zero attached hydrogens (tertiary/aromatic N) is 1. The van der Waals surface area contributed by atoms with Crippen LogP contribution in [-0.4, -0.2) is 38.2 Å². The van der Waals surface area contributed by atoms with Crippen molar-refractivity contribution in [3.05, 3.63) is 18.3 Å². The summed E-state index contributed by atoms with van der Waals surface area (Å²) in [6.07, 6.45) is 7.13. The van der Waals surface area contributed by atoms with Crippen LogP contribution in [0.5, 0.6) is 0 Å². The summed E-state index contributed by atoms with van der Waals surface area (Å²) in [6, 6.07) is 3.36. The maximum absolute atomic E-state index is 11.7. The SMILES string of the molecule is CS(=O)(=O)c1ccc(NC(=O)CNC2CCCC2)cn1. The lowest BCUT2D eigenvalue weighted by Crippen LogP contribution is -2.34. The Morgan fingerprint density at radius 1 is 1.35 bits per heavy atom. The molecule has 0 unspecified atom stereocenters. The van der Waals surface area contributed by atoms with E-state index in [9.17, 15) is 13.2 Å². The largest absolute Gasteiger partial charge is 0.324 e. The molecule has 1 aliphatic carbocycles. The molecule has 6 nitrogen and oxygen atoms in total. The summed E-state index contributed by atoms with van der Waals surface area (Å²) in [5.41, 5.74) is 0.496. The molecule has 2 rings (SSSR count). The number of pyridine rings is 1. The normalized spacial score (nSPS) is 16.2. The van der Waals surface area contributed by atoms with E-state index in [4.69, 9.17) is 0 Å². The quantitative estimate of drug-likeness (QED) is 0.845. The van der Waals surface area contributed by atoms with Gasteiger partial charge in [-0.2, -0.15) is 0 Å². The molecule has 0 aliphatic heterocycles. The summed E-state index contributed by atoms with van der Waals surface area (Å²) in [5, 5.41) is 5.89. The van der Waals surface area contributed by atoms with Gasteiger partial charge in [0, 0.05) is 12.3 Å². The van der Waals surface area contributed by atoms with E-state index < -0.39 is 9.84 Å². The molecule has 0 spiro atoms. The Hall–Kier alpha value is -1.47. The molecule has 0 atom stereocenters. The molecule has 1 fully saturated rings. The second-order valence-corrected chi connectivity index (χ2v) is 7.03. The molecule has 2 N–H and O–H groups in total. The van der Waals surface area contributed by atoms with Crippen LogP contribution in [0.4, 0.5) is 5.69 Å². The second kappa shape index (κ2) is 6.32. The van der Waals surface area contributed by atoms with E-state index in [0.29, 0.717) is 11.7 Å². The molecule has 1 amide bonds. The molecule has 1 aromatic heterocycles. The highest BCUT2D eigenvalue weighted by Gasteiger charge is 2.15. The van der Waals surface area contributed by atoms with Crippen molar-refractivity contribution in [1.82, 2.24) is 10.3 Å². The molecule has 1 aliphatic rings. The number of carbonyl (C=O) groups excluding carboxylic acids is 1. The van der Waals surface area contributed by atoms with E-state index >= 15 is 0 Å². The Kier molecular flexibility index (Phi) is 4.72. The molecule has 0 bridgehead atoms. The van der Waals surface area contributed by atoms with Crippen LogP contribution in [-0.2, 0) is 14.6 Å². The summed E-state index contributed by atoms with van der Waals surface area (Å²) in [4.78, 5) is 15.5. The molecular formula is C13H19N3O3S. The Bertz CT molecular complexity index is 563. The Morgan fingerprint density at radius 2 is 2.05 bits per heavy atom. The van der Waals surface area contributed by atoms with Gasteiger partial charge in [-0.25, -0.2) is 13.4 Å². The number of sulfone groups is 1. The van der Waals surface area contributed by atoms with E-state index in [0.717, 1.165) is 19.1 Å². The fourth-order valence-corrected chi connectivity index (χ4v) is 2.81. The average molecular weight is 297 g/mol. The van der Waals surface area contributed by atoms with Gasteiger partial charge in [-0.15, -0.1) is 0 Å². The minimum absolute atomic E-state index is 0.000389. The number of carbonyl (C=O) groups is 1. The minimum atomic E-state index is -3.31. The first-order valence-electron chi connectivity index (χ1n) is 6.64. The van der Waals surface area contributed by atoms with Crippen molar-refractivity contribution >= 4 is 21.4 Å². The summed E-state index contributed by atoms with van der Waals surface area (Å²) in [7, 11) is -3.31. The van der Waals surface area contributed by atoms with Crippen molar-refractivity contribution in [2.75, 3.05) is 18.1 Å². The van der Waals surface area contributed by atoms with Crippen LogP contribution >= 0.6 is 0 Å². The molecule has 0 aromatic carbocycles. The third-order valence-corrected chi connectivity index (χ3v) is 4.31. The highest BCUT2D eigenvalue weighted by Crippen LogP contribution is 2.17. The molecule has 1 saturated carbocycles. The van der Waals surface area contributed by atoms with E-state index in [1.807, 2.05) is 0 Å². The van der Waals surface area contributed by atoms with Crippen LogP contribution in [0.3, 0.4) is 0 Å². The van der Waals surface area contributed by atoms with Crippen molar-refractivity contribution in [3.8, 4) is 0 Å². The molecule has 0 saturated heterocycles. The molecule has 110 valence electrons. The number of aromatic nitrogens is 1. The molecule has 0 radical (unpaired) electrons. The van der Waals surface area contributed by atoms with E-state index in [2.05, 4.69) is 15.6 Å². The predicted octanol–water partition coefficient (Wildman–Crippen LogP) is 0.956. The van der Waals surface area contributed by atoms with Crippen LogP contribution in [0.25, 0.3) is 0 Å². The van der Waals surface area contributed by atoms with Gasteiger partial charge in [-0.05, 0) is 25.0 Å². The van der Waals surface area contributed by atoms with E-state index in [-0.39, 0.29) is 17.5 Å². The zero-order valence-electron chi connectivity index (χ0n) is 11.4. The summed E-state index contributed by atoms with van der Waals surface area (Å²) in [5.74, 6) is -0.147. The zero-order valence-corrected chi connectivity index (χ0v) is 12.2. The first-order chi connectivity index (χ1) is 9.45. The molecule has 1 heterocycles. The number of anilines is 1. The summed E-state index contributed by atoms with van der Waals surface area (Å²) >= 11 is 0. The van der Waals surface area contributed by atoms with Crippen molar-refractivity contribution in [1.29, 1.82) is 0 Å². The second-order valence-electron chi connectivity index (χ2n) is 5.07. The highest BCUT2D eigenvalue weighted by atomic mass is 32.2. The van der Waals surface area contributed by atoms with Crippen molar-refractivity contribution in [3.63, 3.8) is 0 Å². The van der Waals surface area contributed by atoms with Crippen LogP contribution in [0.15, 0.2) is 23.4 Å². The summed E-state index contributed by atoms with van der Waals surface area (Å²) < 4.78 is 22.5. The first kappa shape index (κ1) is 14.9. The van der Waals surface area contributed by atoms with Crippen LogP contribution < -0.4 is 10.6 Å². The van der Waals surface area contributed by atoms with Gasteiger partial charge in [0.2, 0.25) is 5.91 Å². The molecular weight excluding hydrogens is 278 g/mol. The average Bonchev–Trinajstić information content (AvgIpc) is 2.89. The highest BCUT2D eigenvalue weighted by molar-refractivity contribution is 7.90. The Balaban J connectivity index is 1.84. The number of nitrogens with one attached hydrogen (secondary N) is 2. The Labute approximate surface area is 118 Å². The van der Waals surface area contributed by atoms with Gasteiger partial charge in [0.05, 0.1) is 18.4 Å². The summed E-state index contributed by atoms with van der Waals surface area (Å²) in [6.45, 7) is 0.262. The molecule has 20 heavy (non-hydrogen) atoms. The maximum atomic E-state index is 11.7. The number of hydrogen-bond donors (Lipinski definition) is 2. The Morgan fingerprint density at radius 3 is 2.60 bits per heavy atom. The van der Waals surface area contributed by atoms with Gasteiger partial charge < -0.3 is 10.6 Å². The zero-order chi connectivity index (χ0) is 14.6. The lowest BCUT2D eigenvalue weighted by atomic mass is 10.2. The van der Waals surface area contributed by atoms with E-state index in [1.165, 1.54) is 31.2 Å². The van der Waals surface area contributed by atoms with Crippen LogP contribution in [0, 0.1) is 0 Å². The monoisotopic (exact) mass is 297 g/mol. The molecule has 7 heteroatoms. The lowest BCUT2D eigenvalue weighted by molar-refractivity contribution is -0.115. The van der Waals surface area contributed by atoms with E-state index in [1.54, 1.807) is 0 Å². The van der Waals surface area contributed by atoms with Gasteiger partial charge in [0.15, 0.2) is 14.9 Å². The van der Waals surface area contributed by atoms with Gasteiger partial charge in [-0.3, -0.25) is 4.79 Å². The van der Waals surface area contributed by atoms with Gasteiger partial charge in [0.1, 0.15) is 0 Å². The van der Waals surface area contributed by atoms with Crippen LogP contribution in [0.2, 0.25) is 0 Å². The topological polar surface area (TPSA) is 88.2 Å². The minimum Gasteiger partial charge on any atom is -0.324 e. The van der Waals surface area contributed by atoms with Crippen molar-refractivity contribution in [2.24, 2.45) is 0 Å². The number of hydrogen-bond acceptors (Lipinski definition) is 5.